The molecule has 1 N–H and O–H groups in total. The smallest absolute Gasteiger partial charge is 0.289 e. The number of nitrogens with one attached hydrogen (secondary N) is 1. The Morgan fingerprint density at radius 3 is 2.48 bits per heavy atom. The minimum absolute atomic E-state index is 0.0300. The number of hydrogen-bond acceptors (Lipinski definition) is 3. The Morgan fingerprint density at radius 1 is 1.29 bits per heavy atom. The number of furan rings is 1. The van der Waals surface area contributed by atoms with E-state index in [9.17, 15) is 9.59 Å². The SMILES string of the molecule is CC(C)NC(=O)C1C[C@@H]2CN(C(=O)c3ccco3)C[C@@H]2C1. The molecule has 1 aromatic heterocycles. The highest BCUT2D eigenvalue weighted by Gasteiger charge is 2.44. The van der Waals surface area contributed by atoms with Gasteiger partial charge < -0.3 is 14.6 Å². The van der Waals surface area contributed by atoms with E-state index in [1.807, 2.05) is 18.7 Å². The van der Waals surface area contributed by atoms with Gasteiger partial charge in [0, 0.05) is 25.0 Å². The molecular formula is C16H22N2O3. The third-order valence-corrected chi connectivity index (χ3v) is 4.57. The number of likely N-dealkylation sites (tertiary alicyclic amines) is 1. The van der Waals surface area contributed by atoms with E-state index in [0.717, 1.165) is 25.9 Å². The number of fused-ring (bicyclic) bond motifs is 1. The van der Waals surface area contributed by atoms with Crippen LogP contribution in [0.4, 0.5) is 0 Å². The first kappa shape index (κ1) is 14.2. The van der Waals surface area contributed by atoms with E-state index in [1.165, 1.54) is 6.26 Å². The predicted molar refractivity (Wildman–Crippen MR) is 77.6 cm³/mol. The van der Waals surface area contributed by atoms with Crippen molar-refractivity contribution in [2.75, 3.05) is 13.1 Å². The molecular weight excluding hydrogens is 268 g/mol. The molecule has 3 atom stereocenters. The summed E-state index contributed by atoms with van der Waals surface area (Å²) in [7, 11) is 0. The second-order valence-corrected chi connectivity index (χ2v) is 6.54. The third-order valence-electron chi connectivity index (χ3n) is 4.57. The van der Waals surface area contributed by atoms with Crippen molar-refractivity contribution >= 4 is 11.8 Å². The van der Waals surface area contributed by atoms with Crippen LogP contribution in [-0.2, 0) is 4.79 Å². The van der Waals surface area contributed by atoms with Gasteiger partial charge in [-0.1, -0.05) is 0 Å². The Kier molecular flexibility index (Phi) is 3.74. The van der Waals surface area contributed by atoms with E-state index in [2.05, 4.69) is 5.32 Å². The van der Waals surface area contributed by atoms with Gasteiger partial charge in [-0.05, 0) is 50.7 Å². The fourth-order valence-electron chi connectivity index (χ4n) is 3.64. The molecule has 0 radical (unpaired) electrons. The lowest BCUT2D eigenvalue weighted by Crippen LogP contribution is -2.36. The molecule has 0 aromatic carbocycles. The molecule has 5 nitrogen and oxygen atoms in total. The predicted octanol–water partition coefficient (Wildman–Crippen LogP) is 1.90. The molecule has 1 saturated carbocycles. The van der Waals surface area contributed by atoms with Crippen LogP contribution < -0.4 is 5.32 Å². The first-order valence-corrected chi connectivity index (χ1v) is 7.67. The van der Waals surface area contributed by atoms with Gasteiger partial charge in [0.05, 0.1) is 6.26 Å². The second-order valence-electron chi connectivity index (χ2n) is 6.54. The molecule has 5 heteroatoms. The fraction of sp³-hybridized carbons (Fsp3) is 0.625. The molecule has 21 heavy (non-hydrogen) atoms. The van der Waals surface area contributed by atoms with E-state index >= 15 is 0 Å². The van der Waals surface area contributed by atoms with Crippen molar-refractivity contribution in [1.82, 2.24) is 10.2 Å². The highest BCUT2D eigenvalue weighted by Crippen LogP contribution is 2.42. The molecule has 1 saturated heterocycles. The standard InChI is InChI=1S/C16H22N2O3/c1-10(2)17-15(19)11-6-12-8-18(9-13(12)7-11)16(20)14-4-3-5-21-14/h3-5,10-13H,6-9H2,1-2H3,(H,17,19)/t11?,12-,13+. The zero-order valence-electron chi connectivity index (χ0n) is 12.5. The zero-order chi connectivity index (χ0) is 15.0. The van der Waals surface area contributed by atoms with Gasteiger partial charge in [0.1, 0.15) is 0 Å². The van der Waals surface area contributed by atoms with Crippen LogP contribution in [0.1, 0.15) is 37.2 Å². The van der Waals surface area contributed by atoms with E-state index in [4.69, 9.17) is 4.42 Å². The van der Waals surface area contributed by atoms with Gasteiger partial charge in [-0.3, -0.25) is 9.59 Å². The molecule has 2 aliphatic rings. The summed E-state index contributed by atoms with van der Waals surface area (Å²) in [5.41, 5.74) is 0. The minimum atomic E-state index is -0.0300. The minimum Gasteiger partial charge on any atom is -0.459 e. The van der Waals surface area contributed by atoms with Gasteiger partial charge in [-0.2, -0.15) is 0 Å². The molecule has 2 amide bonds. The molecule has 0 bridgehead atoms. The number of hydrogen-bond donors (Lipinski definition) is 1. The highest BCUT2D eigenvalue weighted by atomic mass is 16.3. The zero-order valence-corrected chi connectivity index (χ0v) is 12.5. The summed E-state index contributed by atoms with van der Waals surface area (Å²) in [5, 5.41) is 3.00. The molecule has 114 valence electrons. The van der Waals surface area contributed by atoms with Gasteiger partial charge in [0.15, 0.2) is 5.76 Å². The van der Waals surface area contributed by atoms with Crippen LogP contribution in [0.15, 0.2) is 22.8 Å². The van der Waals surface area contributed by atoms with Crippen LogP contribution in [-0.4, -0.2) is 35.8 Å². The van der Waals surface area contributed by atoms with Crippen LogP contribution in [0.3, 0.4) is 0 Å². The first-order valence-electron chi connectivity index (χ1n) is 7.67. The maximum absolute atomic E-state index is 12.3. The lowest BCUT2D eigenvalue weighted by Gasteiger charge is -2.18. The largest absolute Gasteiger partial charge is 0.459 e. The summed E-state index contributed by atoms with van der Waals surface area (Å²) in [5.74, 6) is 1.56. The summed E-state index contributed by atoms with van der Waals surface area (Å²) in [6.07, 6.45) is 3.31. The monoisotopic (exact) mass is 290 g/mol. The van der Waals surface area contributed by atoms with Crippen molar-refractivity contribution in [3.8, 4) is 0 Å². The first-order chi connectivity index (χ1) is 10.0. The Hall–Kier alpha value is -1.78. The average molecular weight is 290 g/mol. The summed E-state index contributed by atoms with van der Waals surface area (Å²) in [6.45, 7) is 5.46. The van der Waals surface area contributed by atoms with Crippen LogP contribution in [0, 0.1) is 17.8 Å². The van der Waals surface area contributed by atoms with Gasteiger partial charge >= 0.3 is 0 Å². The van der Waals surface area contributed by atoms with Gasteiger partial charge in [0.25, 0.3) is 5.91 Å². The summed E-state index contributed by atoms with van der Waals surface area (Å²) in [6, 6.07) is 3.63. The number of amides is 2. The molecule has 2 heterocycles. The Balaban J connectivity index is 1.57. The number of carbonyl (C=O) groups is 2. The van der Waals surface area contributed by atoms with Crippen molar-refractivity contribution in [3.63, 3.8) is 0 Å². The summed E-state index contributed by atoms with van der Waals surface area (Å²) < 4.78 is 5.18. The van der Waals surface area contributed by atoms with Crippen LogP contribution in [0.25, 0.3) is 0 Å². The van der Waals surface area contributed by atoms with Crippen LogP contribution in [0.2, 0.25) is 0 Å². The highest BCUT2D eigenvalue weighted by molar-refractivity contribution is 5.91. The van der Waals surface area contributed by atoms with Crippen molar-refractivity contribution < 1.29 is 14.0 Å². The normalized spacial score (nSPS) is 28.0. The topological polar surface area (TPSA) is 62.6 Å². The molecule has 1 aliphatic heterocycles. The molecule has 0 spiro atoms. The molecule has 1 unspecified atom stereocenters. The quantitative estimate of drug-likeness (QED) is 0.925. The maximum atomic E-state index is 12.3. The van der Waals surface area contributed by atoms with Crippen molar-refractivity contribution in [1.29, 1.82) is 0 Å². The Labute approximate surface area is 124 Å². The van der Waals surface area contributed by atoms with Gasteiger partial charge in [-0.25, -0.2) is 0 Å². The van der Waals surface area contributed by atoms with E-state index in [-0.39, 0.29) is 23.8 Å². The number of carbonyl (C=O) groups excluding carboxylic acids is 2. The molecule has 1 aromatic rings. The van der Waals surface area contributed by atoms with Crippen molar-refractivity contribution in [2.45, 2.75) is 32.7 Å². The van der Waals surface area contributed by atoms with Gasteiger partial charge in [-0.15, -0.1) is 0 Å². The van der Waals surface area contributed by atoms with Crippen molar-refractivity contribution in [2.24, 2.45) is 17.8 Å². The van der Waals surface area contributed by atoms with E-state index in [1.54, 1.807) is 12.1 Å². The lowest BCUT2D eigenvalue weighted by atomic mass is 10.0. The fourth-order valence-corrected chi connectivity index (χ4v) is 3.64. The molecule has 3 rings (SSSR count). The van der Waals surface area contributed by atoms with Crippen molar-refractivity contribution in [3.05, 3.63) is 24.2 Å². The van der Waals surface area contributed by atoms with Crippen LogP contribution >= 0.6 is 0 Å². The Morgan fingerprint density at radius 2 is 1.95 bits per heavy atom. The lowest BCUT2D eigenvalue weighted by molar-refractivity contribution is -0.125. The second kappa shape index (κ2) is 5.54. The summed E-state index contributed by atoms with van der Waals surface area (Å²) in [4.78, 5) is 26.2. The maximum Gasteiger partial charge on any atom is 0.289 e. The Bertz CT molecular complexity index is 510. The number of rotatable bonds is 3. The third kappa shape index (κ3) is 2.82. The average Bonchev–Trinajstić information content (AvgIpc) is 3.12. The van der Waals surface area contributed by atoms with E-state index in [0.29, 0.717) is 17.6 Å². The summed E-state index contributed by atoms with van der Waals surface area (Å²) >= 11 is 0. The van der Waals surface area contributed by atoms with Crippen LogP contribution in [0.5, 0.6) is 0 Å². The van der Waals surface area contributed by atoms with Gasteiger partial charge in [0.2, 0.25) is 5.91 Å². The number of nitrogens with zero attached hydrogens (tertiary/aromatic N) is 1. The van der Waals surface area contributed by atoms with E-state index < -0.39 is 0 Å². The molecule has 2 fully saturated rings. The molecule has 1 aliphatic carbocycles.